The Morgan fingerprint density at radius 2 is 1.59 bits per heavy atom. The van der Waals surface area contributed by atoms with Crippen LogP contribution in [-0.4, -0.2) is 44.9 Å². The Bertz CT molecular complexity index is 1070. The fourth-order valence-corrected chi connectivity index (χ4v) is 4.53. The molecule has 1 amide bonds. The van der Waals surface area contributed by atoms with Gasteiger partial charge in [0.15, 0.2) is 0 Å². The third-order valence-electron chi connectivity index (χ3n) is 5.79. The number of anilines is 3. The summed E-state index contributed by atoms with van der Waals surface area (Å²) in [6.07, 6.45) is 0.344. The Balaban J connectivity index is 1.73. The maximum atomic E-state index is 12.8. The molecule has 1 aliphatic rings. The molecule has 2 atom stereocenters. The molecule has 32 heavy (non-hydrogen) atoms. The summed E-state index contributed by atoms with van der Waals surface area (Å²) in [5, 5.41) is 2.44. The van der Waals surface area contributed by atoms with Crippen molar-refractivity contribution in [3.05, 3.63) is 53.1 Å². The number of nitrogens with one attached hydrogen (secondary N) is 2. The van der Waals surface area contributed by atoms with E-state index in [4.69, 9.17) is 4.74 Å². The monoisotopic (exact) mass is 459 g/mol. The van der Waals surface area contributed by atoms with Crippen LogP contribution in [-0.2, 0) is 14.8 Å². The van der Waals surface area contributed by atoms with Crippen molar-refractivity contribution in [2.24, 2.45) is 0 Å². The van der Waals surface area contributed by atoms with E-state index in [2.05, 4.69) is 35.7 Å². The summed E-state index contributed by atoms with van der Waals surface area (Å²) >= 11 is 0. The highest BCUT2D eigenvalue weighted by Gasteiger charge is 2.24. The topological polar surface area (TPSA) is 87.7 Å². The van der Waals surface area contributed by atoms with Crippen molar-refractivity contribution in [2.75, 3.05) is 28.0 Å². The zero-order valence-electron chi connectivity index (χ0n) is 19.6. The van der Waals surface area contributed by atoms with E-state index in [1.807, 2.05) is 19.1 Å². The van der Waals surface area contributed by atoms with E-state index < -0.39 is 15.3 Å². The van der Waals surface area contributed by atoms with Crippen LogP contribution in [0.5, 0.6) is 0 Å². The molecule has 0 radical (unpaired) electrons. The number of carbonyl (C=O) groups excluding carboxylic acids is 1. The van der Waals surface area contributed by atoms with Crippen molar-refractivity contribution in [2.45, 2.75) is 59.0 Å². The van der Waals surface area contributed by atoms with Gasteiger partial charge in [0.25, 0.3) is 5.91 Å². The maximum absolute atomic E-state index is 12.8. The average molecular weight is 460 g/mol. The molecule has 7 nitrogen and oxygen atoms in total. The van der Waals surface area contributed by atoms with Crippen molar-refractivity contribution >= 4 is 33.0 Å². The van der Waals surface area contributed by atoms with Crippen LogP contribution in [0.4, 0.5) is 17.1 Å². The number of ether oxygens (including phenoxy) is 1. The molecule has 0 saturated carbocycles. The van der Waals surface area contributed by atoms with Crippen molar-refractivity contribution in [1.82, 2.24) is 0 Å². The van der Waals surface area contributed by atoms with E-state index in [0.717, 1.165) is 35.6 Å². The number of sulfonamides is 1. The zero-order valence-corrected chi connectivity index (χ0v) is 20.4. The molecule has 1 saturated heterocycles. The highest BCUT2D eigenvalue weighted by molar-refractivity contribution is 7.93. The van der Waals surface area contributed by atoms with Crippen LogP contribution in [0.25, 0.3) is 0 Å². The lowest BCUT2D eigenvalue weighted by Gasteiger charge is -2.38. The number of carbonyl (C=O) groups is 1. The van der Waals surface area contributed by atoms with Gasteiger partial charge in [-0.1, -0.05) is 0 Å². The van der Waals surface area contributed by atoms with Crippen LogP contribution in [0.2, 0.25) is 0 Å². The SMILES string of the molecule is Cc1c(NC(=O)c2ccc(NS(=O)(=O)C(C)C)cc2)ccc(N2C[C@@H](C)O[C@@H](C)C2)c1C. The Morgan fingerprint density at radius 3 is 2.16 bits per heavy atom. The lowest BCUT2D eigenvalue weighted by atomic mass is 10.0. The minimum absolute atomic E-state index is 0.172. The van der Waals surface area contributed by atoms with Crippen LogP contribution >= 0.6 is 0 Å². The number of nitrogens with zero attached hydrogens (tertiary/aromatic N) is 1. The van der Waals surface area contributed by atoms with Crippen LogP contribution in [0.3, 0.4) is 0 Å². The van der Waals surface area contributed by atoms with Gasteiger partial charge in [-0.3, -0.25) is 9.52 Å². The average Bonchev–Trinajstić information content (AvgIpc) is 2.71. The number of amides is 1. The van der Waals surface area contributed by atoms with Gasteiger partial charge in [-0.2, -0.15) is 0 Å². The van der Waals surface area contributed by atoms with E-state index in [0.29, 0.717) is 11.3 Å². The molecule has 0 aliphatic carbocycles. The molecule has 0 bridgehead atoms. The summed E-state index contributed by atoms with van der Waals surface area (Å²) < 4.78 is 32.4. The predicted molar refractivity (Wildman–Crippen MR) is 130 cm³/mol. The first-order valence-corrected chi connectivity index (χ1v) is 12.5. The summed E-state index contributed by atoms with van der Waals surface area (Å²) in [7, 11) is -3.43. The molecule has 0 aromatic heterocycles. The summed E-state index contributed by atoms with van der Waals surface area (Å²) in [6.45, 7) is 13.1. The maximum Gasteiger partial charge on any atom is 0.255 e. The molecular formula is C24H33N3O4S. The fraction of sp³-hybridized carbons (Fsp3) is 0.458. The Morgan fingerprint density at radius 1 is 1.00 bits per heavy atom. The van der Waals surface area contributed by atoms with Gasteiger partial charge in [-0.25, -0.2) is 8.42 Å². The number of hydrogen-bond acceptors (Lipinski definition) is 5. The minimum atomic E-state index is -3.43. The van der Waals surface area contributed by atoms with Crippen molar-refractivity contribution in [3.63, 3.8) is 0 Å². The van der Waals surface area contributed by atoms with Crippen LogP contribution < -0.4 is 14.9 Å². The van der Waals surface area contributed by atoms with Gasteiger partial charge in [0.05, 0.1) is 17.5 Å². The van der Waals surface area contributed by atoms with E-state index in [1.165, 1.54) is 0 Å². The summed E-state index contributed by atoms with van der Waals surface area (Å²) in [6, 6.07) is 10.4. The number of benzene rings is 2. The molecule has 2 aromatic rings. The fourth-order valence-electron chi connectivity index (χ4n) is 3.83. The summed E-state index contributed by atoms with van der Waals surface area (Å²) in [4.78, 5) is 15.1. The second-order valence-corrected chi connectivity index (χ2v) is 11.0. The zero-order chi connectivity index (χ0) is 23.6. The van der Waals surface area contributed by atoms with Gasteiger partial charge >= 0.3 is 0 Å². The largest absolute Gasteiger partial charge is 0.372 e. The summed E-state index contributed by atoms with van der Waals surface area (Å²) in [5.41, 5.74) is 4.95. The van der Waals surface area contributed by atoms with Crippen LogP contribution in [0, 0.1) is 13.8 Å². The predicted octanol–water partition coefficient (Wildman–Crippen LogP) is 4.32. The molecule has 1 heterocycles. The van der Waals surface area contributed by atoms with Gasteiger partial charge in [-0.05, 0) is 89.1 Å². The molecule has 174 valence electrons. The second-order valence-electron chi connectivity index (χ2n) is 8.77. The van der Waals surface area contributed by atoms with E-state index in [9.17, 15) is 13.2 Å². The molecular weight excluding hydrogens is 426 g/mol. The Hall–Kier alpha value is -2.58. The van der Waals surface area contributed by atoms with E-state index in [-0.39, 0.29) is 18.1 Å². The summed E-state index contributed by atoms with van der Waals surface area (Å²) in [5.74, 6) is -0.243. The first kappa shape index (κ1) is 24.1. The molecule has 8 heteroatoms. The van der Waals surface area contributed by atoms with Crippen molar-refractivity contribution < 1.29 is 17.9 Å². The minimum Gasteiger partial charge on any atom is -0.372 e. The first-order valence-electron chi connectivity index (χ1n) is 10.9. The van der Waals surface area contributed by atoms with Crippen LogP contribution in [0.15, 0.2) is 36.4 Å². The molecule has 2 aromatic carbocycles. The standard InChI is InChI=1S/C24H33N3O4S/c1-15(2)32(29,30)26-21-9-7-20(8-10-21)24(28)25-22-11-12-23(19(6)18(22)5)27-13-16(3)31-17(4)14-27/h7-12,15-17,26H,13-14H2,1-6H3,(H,25,28)/t16-,17+. The highest BCUT2D eigenvalue weighted by Crippen LogP contribution is 2.31. The van der Waals surface area contributed by atoms with Gasteiger partial charge in [0.2, 0.25) is 10.0 Å². The third kappa shape index (κ3) is 5.42. The van der Waals surface area contributed by atoms with E-state index >= 15 is 0 Å². The molecule has 1 fully saturated rings. The van der Waals surface area contributed by atoms with Gasteiger partial charge in [0.1, 0.15) is 0 Å². The van der Waals surface area contributed by atoms with Gasteiger partial charge < -0.3 is 15.0 Å². The molecule has 0 spiro atoms. The van der Waals surface area contributed by atoms with Crippen LogP contribution in [0.1, 0.15) is 49.2 Å². The third-order valence-corrected chi connectivity index (χ3v) is 7.56. The molecule has 2 N–H and O–H groups in total. The molecule has 0 unspecified atom stereocenters. The first-order chi connectivity index (χ1) is 15.0. The van der Waals surface area contributed by atoms with E-state index in [1.54, 1.807) is 38.1 Å². The van der Waals surface area contributed by atoms with Gasteiger partial charge in [0, 0.05) is 35.7 Å². The normalized spacial score (nSPS) is 19.2. The molecule has 1 aliphatic heterocycles. The number of morpholine rings is 1. The van der Waals surface area contributed by atoms with Crippen molar-refractivity contribution in [1.29, 1.82) is 0 Å². The lowest BCUT2D eigenvalue weighted by Crippen LogP contribution is -2.45. The lowest BCUT2D eigenvalue weighted by molar-refractivity contribution is -0.00525. The highest BCUT2D eigenvalue weighted by atomic mass is 32.2. The molecule has 3 rings (SSSR count). The van der Waals surface area contributed by atoms with Gasteiger partial charge in [-0.15, -0.1) is 0 Å². The number of hydrogen-bond donors (Lipinski definition) is 2. The smallest absolute Gasteiger partial charge is 0.255 e. The van der Waals surface area contributed by atoms with Crippen molar-refractivity contribution in [3.8, 4) is 0 Å². The Kier molecular flexibility index (Phi) is 7.15. The number of rotatable bonds is 6. The second kappa shape index (κ2) is 9.50. The Labute approximate surface area is 191 Å². The quantitative estimate of drug-likeness (QED) is 0.672.